The van der Waals surface area contributed by atoms with Crippen LogP contribution in [0.15, 0.2) is 53.1 Å². The summed E-state index contributed by atoms with van der Waals surface area (Å²) >= 11 is 0. The van der Waals surface area contributed by atoms with Gasteiger partial charge in [0, 0.05) is 28.7 Å². The van der Waals surface area contributed by atoms with E-state index in [1.54, 1.807) is 6.07 Å². The van der Waals surface area contributed by atoms with E-state index in [0.717, 1.165) is 11.1 Å². The van der Waals surface area contributed by atoms with Gasteiger partial charge in [-0.1, -0.05) is 61.0 Å². The highest BCUT2D eigenvalue weighted by atomic mass is 19.4. The van der Waals surface area contributed by atoms with Gasteiger partial charge in [0.15, 0.2) is 5.82 Å². The molecule has 0 atom stereocenters. The Morgan fingerprint density at radius 2 is 1.76 bits per heavy atom. The largest absolute Gasteiger partial charge is 0.471 e. The van der Waals surface area contributed by atoms with Crippen LogP contribution in [0.3, 0.4) is 0 Å². The zero-order valence-electron chi connectivity index (χ0n) is 18.6. The Hall–Kier alpha value is -4.02. The van der Waals surface area contributed by atoms with Crippen LogP contribution in [0.2, 0.25) is 0 Å². The van der Waals surface area contributed by atoms with Crippen molar-refractivity contribution in [3.63, 3.8) is 0 Å². The molecule has 8 nitrogen and oxygen atoms in total. The Morgan fingerprint density at radius 3 is 2.44 bits per heavy atom. The maximum atomic E-state index is 12.7. The van der Waals surface area contributed by atoms with Gasteiger partial charge in [-0.15, -0.1) is 0 Å². The van der Waals surface area contributed by atoms with Crippen molar-refractivity contribution in [2.75, 3.05) is 6.54 Å². The lowest BCUT2D eigenvalue weighted by Crippen LogP contribution is -2.37. The molecule has 4 rings (SSSR count). The monoisotopic (exact) mass is 470 g/mol. The van der Waals surface area contributed by atoms with Crippen molar-refractivity contribution in [2.24, 2.45) is 0 Å². The number of H-pyrrole nitrogens is 1. The average molecular weight is 470 g/mol. The molecule has 0 aliphatic heterocycles. The summed E-state index contributed by atoms with van der Waals surface area (Å²) in [6, 6.07) is 13.8. The standard InChI is InChI=1S/C23H21F3N6O2/c1-13-7-9-14(10-8-13)17-28-20(31-30-17)22(2,3)12-27-19(33)16-6-4-5-15(11-16)18-29-21(34-32-18)23(24,25)26/h4-11H,12H2,1-3H3,(H,27,33)(H,28,30,31). The molecule has 1 amide bonds. The quantitative estimate of drug-likeness (QED) is 0.428. The van der Waals surface area contributed by atoms with E-state index in [2.05, 4.69) is 35.2 Å². The summed E-state index contributed by atoms with van der Waals surface area (Å²) in [4.78, 5) is 20.7. The predicted molar refractivity (Wildman–Crippen MR) is 117 cm³/mol. The van der Waals surface area contributed by atoms with E-state index in [1.165, 1.54) is 18.2 Å². The molecule has 34 heavy (non-hydrogen) atoms. The second-order valence-corrected chi connectivity index (χ2v) is 8.44. The number of aromatic nitrogens is 5. The van der Waals surface area contributed by atoms with Crippen LogP contribution in [0.25, 0.3) is 22.8 Å². The van der Waals surface area contributed by atoms with Gasteiger partial charge in [0.1, 0.15) is 5.82 Å². The van der Waals surface area contributed by atoms with Gasteiger partial charge in [-0.25, -0.2) is 4.98 Å². The van der Waals surface area contributed by atoms with E-state index < -0.39 is 23.4 Å². The third kappa shape index (κ3) is 4.98. The number of amides is 1. The van der Waals surface area contributed by atoms with E-state index >= 15 is 0 Å². The molecule has 0 radical (unpaired) electrons. The molecule has 0 fully saturated rings. The molecule has 0 unspecified atom stereocenters. The first kappa shape index (κ1) is 23.1. The van der Waals surface area contributed by atoms with Crippen molar-refractivity contribution in [3.05, 3.63) is 71.4 Å². The van der Waals surface area contributed by atoms with Crippen LogP contribution in [0.5, 0.6) is 0 Å². The van der Waals surface area contributed by atoms with Crippen LogP contribution in [-0.4, -0.2) is 37.8 Å². The Labute approximate surface area is 192 Å². The number of carbonyl (C=O) groups is 1. The lowest BCUT2D eigenvalue weighted by Gasteiger charge is -2.22. The summed E-state index contributed by atoms with van der Waals surface area (Å²) in [6.07, 6.45) is -4.74. The minimum Gasteiger partial charge on any atom is -0.351 e. The highest BCUT2D eigenvalue weighted by Crippen LogP contribution is 2.29. The van der Waals surface area contributed by atoms with Crippen molar-refractivity contribution < 1.29 is 22.5 Å². The fourth-order valence-corrected chi connectivity index (χ4v) is 3.14. The minimum atomic E-state index is -4.74. The normalized spacial score (nSPS) is 12.1. The Balaban J connectivity index is 1.45. The van der Waals surface area contributed by atoms with E-state index in [-0.39, 0.29) is 23.5 Å². The van der Waals surface area contributed by atoms with E-state index in [4.69, 9.17) is 0 Å². The van der Waals surface area contributed by atoms with Crippen LogP contribution in [-0.2, 0) is 11.6 Å². The molecule has 0 aliphatic rings. The molecule has 0 aliphatic carbocycles. The highest BCUT2D eigenvalue weighted by Gasteiger charge is 2.38. The molecule has 4 aromatic rings. The van der Waals surface area contributed by atoms with Crippen molar-refractivity contribution in [1.82, 2.24) is 30.6 Å². The lowest BCUT2D eigenvalue weighted by molar-refractivity contribution is -0.159. The second kappa shape index (κ2) is 8.73. The maximum Gasteiger partial charge on any atom is 0.471 e. The van der Waals surface area contributed by atoms with Gasteiger partial charge in [0.25, 0.3) is 5.91 Å². The molecule has 0 spiro atoms. The maximum absolute atomic E-state index is 12.7. The fourth-order valence-electron chi connectivity index (χ4n) is 3.14. The molecule has 2 heterocycles. The first-order valence-corrected chi connectivity index (χ1v) is 10.3. The summed E-state index contributed by atoms with van der Waals surface area (Å²) < 4.78 is 42.4. The topological polar surface area (TPSA) is 110 Å². The smallest absolute Gasteiger partial charge is 0.351 e. The molecule has 11 heteroatoms. The first-order chi connectivity index (χ1) is 16.0. The number of rotatable bonds is 6. The van der Waals surface area contributed by atoms with Crippen molar-refractivity contribution >= 4 is 5.91 Å². The molecule has 0 saturated heterocycles. The lowest BCUT2D eigenvalue weighted by atomic mass is 9.92. The van der Waals surface area contributed by atoms with E-state index in [0.29, 0.717) is 11.6 Å². The van der Waals surface area contributed by atoms with Crippen molar-refractivity contribution in [3.8, 4) is 22.8 Å². The summed E-state index contributed by atoms with van der Waals surface area (Å²) in [5, 5.41) is 13.4. The van der Waals surface area contributed by atoms with Crippen LogP contribution >= 0.6 is 0 Å². The molecule has 2 aromatic heterocycles. The third-order valence-electron chi connectivity index (χ3n) is 5.18. The first-order valence-electron chi connectivity index (χ1n) is 10.3. The zero-order chi connectivity index (χ0) is 24.5. The third-order valence-corrected chi connectivity index (χ3v) is 5.18. The average Bonchev–Trinajstić information content (AvgIpc) is 3.49. The van der Waals surface area contributed by atoms with Crippen LogP contribution in [0, 0.1) is 6.92 Å². The van der Waals surface area contributed by atoms with E-state index in [9.17, 15) is 18.0 Å². The second-order valence-electron chi connectivity index (χ2n) is 8.44. The van der Waals surface area contributed by atoms with Crippen molar-refractivity contribution in [1.29, 1.82) is 0 Å². The molecule has 0 saturated carbocycles. The molecular formula is C23H21F3N6O2. The molecule has 2 aromatic carbocycles. The van der Waals surface area contributed by atoms with Gasteiger partial charge < -0.3 is 9.84 Å². The number of aromatic amines is 1. The van der Waals surface area contributed by atoms with Gasteiger partial charge in [0.05, 0.1) is 0 Å². The molecular weight excluding hydrogens is 449 g/mol. The number of hydrogen-bond acceptors (Lipinski definition) is 6. The minimum absolute atomic E-state index is 0.226. The zero-order valence-corrected chi connectivity index (χ0v) is 18.6. The SMILES string of the molecule is Cc1ccc(-c2n[nH]c(C(C)(C)CNC(=O)c3cccc(-c4noc(C(F)(F)F)n4)c3)n2)cc1. The highest BCUT2D eigenvalue weighted by molar-refractivity contribution is 5.95. The van der Waals surface area contributed by atoms with Crippen LogP contribution in [0.4, 0.5) is 13.2 Å². The predicted octanol–water partition coefficient (Wildman–Crippen LogP) is 4.56. The number of halogens is 3. The Bertz CT molecular complexity index is 1310. The molecule has 176 valence electrons. The summed E-state index contributed by atoms with van der Waals surface area (Å²) in [5.41, 5.74) is 1.90. The molecule has 2 N–H and O–H groups in total. The summed E-state index contributed by atoms with van der Waals surface area (Å²) in [6.45, 7) is 6.04. The summed E-state index contributed by atoms with van der Waals surface area (Å²) in [7, 11) is 0. The fraction of sp³-hybridized carbons (Fsp3) is 0.261. The van der Waals surface area contributed by atoms with Gasteiger partial charge >= 0.3 is 12.1 Å². The van der Waals surface area contributed by atoms with Gasteiger partial charge in [-0.3, -0.25) is 9.89 Å². The van der Waals surface area contributed by atoms with Gasteiger partial charge in [0.2, 0.25) is 5.82 Å². The van der Waals surface area contributed by atoms with Gasteiger partial charge in [-0.2, -0.15) is 23.3 Å². The summed E-state index contributed by atoms with van der Waals surface area (Å²) in [5.74, 6) is -0.958. The number of carbonyl (C=O) groups excluding carboxylic acids is 1. The Morgan fingerprint density at radius 1 is 1.03 bits per heavy atom. The van der Waals surface area contributed by atoms with Crippen LogP contribution < -0.4 is 5.32 Å². The number of alkyl halides is 3. The number of hydrogen-bond donors (Lipinski definition) is 2. The van der Waals surface area contributed by atoms with Gasteiger partial charge in [-0.05, 0) is 19.1 Å². The Kier molecular flexibility index (Phi) is 5.94. The van der Waals surface area contributed by atoms with E-state index in [1.807, 2.05) is 45.0 Å². The number of nitrogens with one attached hydrogen (secondary N) is 2. The van der Waals surface area contributed by atoms with Crippen LogP contribution in [0.1, 0.15) is 41.5 Å². The van der Waals surface area contributed by atoms with Crippen molar-refractivity contribution in [2.45, 2.75) is 32.4 Å². The molecule has 0 bridgehead atoms. The number of benzene rings is 2. The number of aryl methyl sites for hydroxylation is 1. The number of nitrogens with zero attached hydrogens (tertiary/aromatic N) is 4.